The standard InChI is InChI=1S/C14H19BrO3/c1-10(16)13-6-5-11(15)8-14(13)18-9-12-4-2-3-7-17-12/h5-6,8,10,12,16H,2-4,7,9H2,1H3/t10-,12?/m0/s1. The Morgan fingerprint density at radius 2 is 2.33 bits per heavy atom. The van der Waals surface area contributed by atoms with Crippen molar-refractivity contribution in [2.45, 2.75) is 38.4 Å². The third kappa shape index (κ3) is 3.70. The highest BCUT2D eigenvalue weighted by Crippen LogP contribution is 2.29. The Labute approximate surface area is 116 Å². The van der Waals surface area contributed by atoms with E-state index in [-0.39, 0.29) is 6.10 Å². The molecule has 0 spiro atoms. The molecule has 1 aliphatic rings. The number of halogens is 1. The molecule has 1 fully saturated rings. The number of benzene rings is 1. The monoisotopic (exact) mass is 314 g/mol. The fourth-order valence-corrected chi connectivity index (χ4v) is 2.44. The van der Waals surface area contributed by atoms with Crippen LogP contribution in [-0.2, 0) is 4.74 Å². The molecule has 2 rings (SSSR count). The molecule has 1 heterocycles. The van der Waals surface area contributed by atoms with Gasteiger partial charge in [0.05, 0.1) is 12.2 Å². The largest absolute Gasteiger partial charge is 0.490 e. The van der Waals surface area contributed by atoms with Crippen LogP contribution < -0.4 is 4.74 Å². The molecule has 1 aromatic rings. The van der Waals surface area contributed by atoms with E-state index in [1.54, 1.807) is 6.92 Å². The first-order chi connectivity index (χ1) is 8.66. The molecule has 1 aromatic carbocycles. The lowest BCUT2D eigenvalue weighted by Crippen LogP contribution is -2.26. The minimum atomic E-state index is -0.527. The van der Waals surface area contributed by atoms with E-state index in [2.05, 4.69) is 15.9 Å². The van der Waals surface area contributed by atoms with E-state index >= 15 is 0 Å². The third-order valence-corrected chi connectivity index (χ3v) is 3.62. The maximum atomic E-state index is 9.71. The number of aliphatic hydroxyl groups is 1. The second-order valence-corrected chi connectivity index (χ2v) is 5.57. The van der Waals surface area contributed by atoms with Crippen LogP contribution in [0.2, 0.25) is 0 Å². The minimum Gasteiger partial charge on any atom is -0.490 e. The molecule has 0 aromatic heterocycles. The molecule has 0 amide bonds. The van der Waals surface area contributed by atoms with Crippen LogP contribution in [0.25, 0.3) is 0 Å². The van der Waals surface area contributed by atoms with E-state index in [0.717, 1.165) is 35.2 Å². The Hall–Kier alpha value is -0.580. The molecule has 0 aliphatic carbocycles. The maximum absolute atomic E-state index is 9.71. The van der Waals surface area contributed by atoms with Gasteiger partial charge >= 0.3 is 0 Å². The van der Waals surface area contributed by atoms with Gasteiger partial charge < -0.3 is 14.6 Å². The lowest BCUT2D eigenvalue weighted by molar-refractivity contribution is -0.0116. The maximum Gasteiger partial charge on any atom is 0.126 e. The number of rotatable bonds is 4. The summed E-state index contributed by atoms with van der Waals surface area (Å²) in [6.45, 7) is 3.12. The van der Waals surface area contributed by atoms with Gasteiger partial charge in [-0.05, 0) is 38.3 Å². The summed E-state index contributed by atoms with van der Waals surface area (Å²) < 4.78 is 12.4. The van der Waals surface area contributed by atoms with Crippen molar-refractivity contribution in [1.82, 2.24) is 0 Å². The molecule has 1 saturated heterocycles. The molecule has 100 valence electrons. The van der Waals surface area contributed by atoms with Crippen LogP contribution in [0.4, 0.5) is 0 Å². The number of hydrogen-bond acceptors (Lipinski definition) is 3. The average molecular weight is 315 g/mol. The van der Waals surface area contributed by atoms with Gasteiger partial charge in [0.15, 0.2) is 0 Å². The van der Waals surface area contributed by atoms with Crippen LogP contribution in [-0.4, -0.2) is 24.4 Å². The van der Waals surface area contributed by atoms with Gasteiger partial charge in [-0.1, -0.05) is 22.0 Å². The molecule has 4 heteroatoms. The fraction of sp³-hybridized carbons (Fsp3) is 0.571. The highest BCUT2D eigenvalue weighted by Gasteiger charge is 2.16. The quantitative estimate of drug-likeness (QED) is 0.925. The van der Waals surface area contributed by atoms with Gasteiger partial charge in [0, 0.05) is 16.6 Å². The molecular weight excluding hydrogens is 296 g/mol. The van der Waals surface area contributed by atoms with Gasteiger partial charge in [-0.3, -0.25) is 0 Å². The summed E-state index contributed by atoms with van der Waals surface area (Å²) in [6.07, 6.45) is 3.06. The van der Waals surface area contributed by atoms with E-state index < -0.39 is 6.10 Å². The van der Waals surface area contributed by atoms with Crippen LogP contribution >= 0.6 is 15.9 Å². The lowest BCUT2D eigenvalue weighted by atomic mass is 10.1. The predicted molar refractivity (Wildman–Crippen MR) is 73.9 cm³/mol. The van der Waals surface area contributed by atoms with Gasteiger partial charge in [0.2, 0.25) is 0 Å². The number of hydrogen-bond donors (Lipinski definition) is 1. The van der Waals surface area contributed by atoms with Crippen molar-refractivity contribution in [1.29, 1.82) is 0 Å². The van der Waals surface area contributed by atoms with Crippen molar-refractivity contribution < 1.29 is 14.6 Å². The first-order valence-electron chi connectivity index (χ1n) is 6.38. The Bertz CT molecular complexity index is 387. The molecule has 18 heavy (non-hydrogen) atoms. The topological polar surface area (TPSA) is 38.7 Å². The Kier molecular flexibility index (Phi) is 5.03. The van der Waals surface area contributed by atoms with Crippen LogP contribution in [0, 0.1) is 0 Å². The van der Waals surface area contributed by atoms with Crippen LogP contribution in [0.5, 0.6) is 5.75 Å². The predicted octanol–water partition coefficient (Wildman–Crippen LogP) is 3.45. The van der Waals surface area contributed by atoms with Crippen molar-refractivity contribution in [2.24, 2.45) is 0 Å². The summed E-state index contributed by atoms with van der Waals surface area (Å²) in [5, 5.41) is 9.71. The van der Waals surface area contributed by atoms with Crippen molar-refractivity contribution in [3.63, 3.8) is 0 Å². The second-order valence-electron chi connectivity index (χ2n) is 4.66. The molecule has 3 nitrogen and oxygen atoms in total. The summed E-state index contributed by atoms with van der Waals surface area (Å²) in [7, 11) is 0. The van der Waals surface area contributed by atoms with Crippen molar-refractivity contribution in [2.75, 3.05) is 13.2 Å². The van der Waals surface area contributed by atoms with Gasteiger partial charge in [-0.2, -0.15) is 0 Å². The van der Waals surface area contributed by atoms with Crippen molar-refractivity contribution in [3.8, 4) is 5.75 Å². The van der Waals surface area contributed by atoms with Crippen molar-refractivity contribution in [3.05, 3.63) is 28.2 Å². The summed E-state index contributed by atoms with van der Waals surface area (Å²) in [6, 6.07) is 5.68. The highest BCUT2D eigenvalue weighted by atomic mass is 79.9. The minimum absolute atomic E-state index is 0.180. The first-order valence-corrected chi connectivity index (χ1v) is 7.18. The zero-order chi connectivity index (χ0) is 13.0. The van der Waals surface area contributed by atoms with Gasteiger partial charge in [-0.25, -0.2) is 0 Å². The first kappa shape index (κ1) is 13.8. The average Bonchev–Trinajstić information content (AvgIpc) is 2.37. The summed E-state index contributed by atoms with van der Waals surface area (Å²) in [4.78, 5) is 0. The Morgan fingerprint density at radius 1 is 1.50 bits per heavy atom. The molecule has 0 saturated carbocycles. The zero-order valence-corrected chi connectivity index (χ0v) is 12.1. The lowest BCUT2D eigenvalue weighted by Gasteiger charge is -2.23. The van der Waals surface area contributed by atoms with E-state index in [4.69, 9.17) is 9.47 Å². The highest BCUT2D eigenvalue weighted by molar-refractivity contribution is 9.10. The van der Waals surface area contributed by atoms with E-state index in [1.165, 1.54) is 6.42 Å². The zero-order valence-electron chi connectivity index (χ0n) is 10.6. The normalized spacial score (nSPS) is 21.6. The molecule has 1 aliphatic heterocycles. The molecule has 0 bridgehead atoms. The smallest absolute Gasteiger partial charge is 0.126 e. The summed E-state index contributed by atoms with van der Waals surface area (Å²) in [5.74, 6) is 0.730. The molecule has 2 atom stereocenters. The van der Waals surface area contributed by atoms with Crippen LogP contribution in [0.1, 0.15) is 37.9 Å². The van der Waals surface area contributed by atoms with E-state index in [1.807, 2.05) is 18.2 Å². The van der Waals surface area contributed by atoms with Gasteiger partial charge in [0.25, 0.3) is 0 Å². The second kappa shape index (κ2) is 6.55. The van der Waals surface area contributed by atoms with E-state index in [9.17, 15) is 5.11 Å². The van der Waals surface area contributed by atoms with Crippen LogP contribution in [0.15, 0.2) is 22.7 Å². The molecule has 1 unspecified atom stereocenters. The SMILES string of the molecule is C[C@H](O)c1ccc(Br)cc1OCC1CCCCO1. The van der Waals surface area contributed by atoms with Crippen molar-refractivity contribution >= 4 is 15.9 Å². The number of ether oxygens (including phenoxy) is 2. The van der Waals surface area contributed by atoms with Gasteiger partial charge in [0.1, 0.15) is 12.4 Å². The number of aliphatic hydroxyl groups excluding tert-OH is 1. The third-order valence-electron chi connectivity index (χ3n) is 3.12. The molecule has 1 N–H and O–H groups in total. The molecule has 0 radical (unpaired) electrons. The summed E-state index contributed by atoms with van der Waals surface area (Å²) in [5.41, 5.74) is 0.814. The Morgan fingerprint density at radius 3 is 3.00 bits per heavy atom. The fourth-order valence-electron chi connectivity index (χ4n) is 2.10. The van der Waals surface area contributed by atoms with Gasteiger partial charge in [-0.15, -0.1) is 0 Å². The summed E-state index contributed by atoms with van der Waals surface area (Å²) >= 11 is 3.42. The van der Waals surface area contributed by atoms with Crippen LogP contribution in [0.3, 0.4) is 0 Å². The Balaban J connectivity index is 2.00. The molecular formula is C14H19BrO3. The van der Waals surface area contributed by atoms with E-state index in [0.29, 0.717) is 6.61 Å².